The highest BCUT2D eigenvalue weighted by atomic mass is 32.2. The number of benzene rings is 1. The van der Waals surface area contributed by atoms with Crippen LogP contribution in [0.4, 0.5) is 5.69 Å². The minimum absolute atomic E-state index is 0.489. The highest BCUT2D eigenvalue weighted by Gasteiger charge is 2.26. The van der Waals surface area contributed by atoms with E-state index in [9.17, 15) is 4.79 Å². The van der Waals surface area contributed by atoms with Crippen molar-refractivity contribution in [3.05, 3.63) is 23.2 Å². The van der Waals surface area contributed by atoms with Crippen molar-refractivity contribution >= 4 is 50.0 Å². The monoisotopic (exact) mass is 307 g/mol. The molecule has 2 N–H and O–H groups in total. The van der Waals surface area contributed by atoms with Gasteiger partial charge in [-0.05, 0) is 25.1 Å². The van der Waals surface area contributed by atoms with Gasteiger partial charge in [0.25, 0.3) is 0 Å². The molecule has 104 valence electrons. The summed E-state index contributed by atoms with van der Waals surface area (Å²) in [5, 5.41) is 13.8. The molecule has 1 aliphatic heterocycles. The van der Waals surface area contributed by atoms with E-state index in [-0.39, 0.29) is 0 Å². The predicted octanol–water partition coefficient (Wildman–Crippen LogP) is 2.67. The number of aliphatic carboxylic acids is 1. The summed E-state index contributed by atoms with van der Waals surface area (Å²) in [6, 6.07) is 5.40. The van der Waals surface area contributed by atoms with Crippen molar-refractivity contribution in [2.75, 3.05) is 17.6 Å². The van der Waals surface area contributed by atoms with E-state index in [2.05, 4.69) is 28.3 Å². The zero-order valence-electron chi connectivity index (χ0n) is 10.8. The molecule has 7 heteroatoms. The smallest absolute Gasteiger partial charge is 0.329 e. The number of carboxylic acids is 1. The second kappa shape index (κ2) is 5.41. The van der Waals surface area contributed by atoms with Gasteiger partial charge in [-0.1, -0.05) is 0 Å². The number of thiazole rings is 1. The van der Waals surface area contributed by atoms with E-state index in [4.69, 9.17) is 5.11 Å². The van der Waals surface area contributed by atoms with Crippen molar-refractivity contribution < 1.29 is 9.90 Å². The Morgan fingerprint density at radius 2 is 2.40 bits per heavy atom. The maximum atomic E-state index is 10.9. The van der Waals surface area contributed by atoms with Gasteiger partial charge >= 0.3 is 5.97 Å². The van der Waals surface area contributed by atoms with Gasteiger partial charge in [-0.25, -0.2) is 9.78 Å². The number of aliphatic imine (C=N–C) groups is 1. The Hall–Kier alpha value is -1.60. The molecule has 1 aromatic heterocycles. The van der Waals surface area contributed by atoms with Gasteiger partial charge < -0.3 is 10.4 Å². The molecule has 0 aliphatic carbocycles. The summed E-state index contributed by atoms with van der Waals surface area (Å²) in [5.74, 6) is -0.383. The molecule has 1 aliphatic rings. The second-order valence-electron chi connectivity index (χ2n) is 4.33. The molecule has 2 heterocycles. The molecule has 20 heavy (non-hydrogen) atoms. The van der Waals surface area contributed by atoms with E-state index in [1.165, 1.54) is 11.8 Å². The molecular weight excluding hydrogens is 294 g/mol. The Balaban J connectivity index is 1.93. The Morgan fingerprint density at radius 1 is 1.55 bits per heavy atom. The SMILES string of the molecule is CCNc1ccc2nc(C3=NC(C(=O)O)CS3)sc2c1. The first-order valence-corrected chi connectivity index (χ1v) is 8.06. The zero-order valence-corrected chi connectivity index (χ0v) is 12.4. The van der Waals surface area contributed by atoms with Crippen LogP contribution in [-0.2, 0) is 4.79 Å². The Kier molecular flexibility index (Phi) is 3.62. The van der Waals surface area contributed by atoms with Gasteiger partial charge in [0.1, 0.15) is 10.1 Å². The van der Waals surface area contributed by atoms with Gasteiger partial charge in [-0.2, -0.15) is 0 Å². The number of hydrogen-bond donors (Lipinski definition) is 2. The average Bonchev–Trinajstić information content (AvgIpc) is 3.05. The summed E-state index contributed by atoms with van der Waals surface area (Å²) in [6.07, 6.45) is 0. The van der Waals surface area contributed by atoms with Crippen molar-refractivity contribution in [1.82, 2.24) is 4.98 Å². The van der Waals surface area contributed by atoms with E-state index >= 15 is 0 Å². The number of hydrogen-bond acceptors (Lipinski definition) is 6. The molecule has 0 fully saturated rings. The van der Waals surface area contributed by atoms with Gasteiger partial charge in [0.05, 0.1) is 10.2 Å². The first-order valence-electron chi connectivity index (χ1n) is 6.25. The molecule has 2 aromatic rings. The average molecular weight is 307 g/mol. The van der Waals surface area contributed by atoms with Crippen LogP contribution in [0, 0.1) is 0 Å². The number of rotatable bonds is 4. The fourth-order valence-electron chi connectivity index (χ4n) is 1.95. The number of nitrogens with zero attached hydrogens (tertiary/aromatic N) is 2. The van der Waals surface area contributed by atoms with E-state index < -0.39 is 12.0 Å². The minimum Gasteiger partial charge on any atom is -0.480 e. The summed E-state index contributed by atoms with van der Waals surface area (Å²) in [6.45, 7) is 2.93. The van der Waals surface area contributed by atoms with Crippen LogP contribution in [0.15, 0.2) is 23.2 Å². The number of carbonyl (C=O) groups is 1. The molecule has 1 unspecified atom stereocenters. The van der Waals surface area contributed by atoms with Crippen LogP contribution in [0.1, 0.15) is 11.9 Å². The lowest BCUT2D eigenvalue weighted by Crippen LogP contribution is -2.17. The number of carboxylic acid groups (broad SMARTS) is 1. The van der Waals surface area contributed by atoms with Crippen LogP contribution in [0.3, 0.4) is 0 Å². The van der Waals surface area contributed by atoms with Crippen molar-refractivity contribution in [3.63, 3.8) is 0 Å². The van der Waals surface area contributed by atoms with Crippen LogP contribution in [0.25, 0.3) is 10.2 Å². The van der Waals surface area contributed by atoms with Crippen LogP contribution in [0.2, 0.25) is 0 Å². The minimum atomic E-state index is -0.872. The van der Waals surface area contributed by atoms with E-state index in [0.29, 0.717) is 5.75 Å². The number of fused-ring (bicyclic) bond motifs is 1. The van der Waals surface area contributed by atoms with Crippen molar-refractivity contribution in [2.24, 2.45) is 4.99 Å². The molecule has 0 spiro atoms. The molecule has 1 atom stereocenters. The molecule has 0 radical (unpaired) electrons. The molecule has 0 saturated carbocycles. The third kappa shape index (κ3) is 2.51. The quantitative estimate of drug-likeness (QED) is 0.908. The third-order valence-electron chi connectivity index (χ3n) is 2.89. The summed E-state index contributed by atoms with van der Waals surface area (Å²) >= 11 is 3.02. The second-order valence-corrected chi connectivity index (χ2v) is 6.37. The fourth-order valence-corrected chi connectivity index (χ4v) is 4.05. The summed E-state index contributed by atoms with van der Waals surface area (Å²) in [5.41, 5.74) is 1.99. The lowest BCUT2D eigenvalue weighted by atomic mass is 10.3. The third-order valence-corrected chi connectivity index (χ3v) is 5.10. The van der Waals surface area contributed by atoms with Crippen LogP contribution in [0.5, 0.6) is 0 Å². The molecule has 0 bridgehead atoms. The first kappa shape index (κ1) is 13.4. The van der Waals surface area contributed by atoms with E-state index in [1.807, 2.05) is 12.1 Å². The topological polar surface area (TPSA) is 74.6 Å². The molecule has 0 amide bonds. The van der Waals surface area contributed by atoms with Gasteiger partial charge in [-0.15, -0.1) is 23.1 Å². The largest absolute Gasteiger partial charge is 0.480 e. The molecular formula is C13H13N3O2S2. The number of thioether (sulfide) groups is 1. The molecule has 1 aromatic carbocycles. The van der Waals surface area contributed by atoms with Crippen LogP contribution in [-0.4, -0.2) is 39.4 Å². The maximum absolute atomic E-state index is 10.9. The molecule has 0 saturated heterocycles. The summed E-state index contributed by atoms with van der Waals surface area (Å²) < 4.78 is 1.08. The fraction of sp³-hybridized carbons (Fsp3) is 0.308. The van der Waals surface area contributed by atoms with Gasteiger partial charge in [-0.3, -0.25) is 4.99 Å². The van der Waals surface area contributed by atoms with Gasteiger partial charge in [0.2, 0.25) is 0 Å². The Morgan fingerprint density at radius 3 is 3.10 bits per heavy atom. The van der Waals surface area contributed by atoms with E-state index in [1.54, 1.807) is 11.3 Å². The van der Waals surface area contributed by atoms with Crippen molar-refractivity contribution in [1.29, 1.82) is 0 Å². The molecule has 3 rings (SSSR count). The van der Waals surface area contributed by atoms with Crippen molar-refractivity contribution in [2.45, 2.75) is 13.0 Å². The summed E-state index contributed by atoms with van der Waals surface area (Å²) in [4.78, 5) is 19.7. The Labute approximate surface area is 124 Å². The lowest BCUT2D eigenvalue weighted by molar-refractivity contribution is -0.137. The summed E-state index contributed by atoms with van der Waals surface area (Å²) in [7, 11) is 0. The maximum Gasteiger partial charge on any atom is 0.329 e. The van der Waals surface area contributed by atoms with Crippen LogP contribution >= 0.6 is 23.1 Å². The normalized spacial score (nSPS) is 18.2. The highest BCUT2D eigenvalue weighted by Crippen LogP contribution is 2.31. The van der Waals surface area contributed by atoms with E-state index in [0.717, 1.165) is 32.5 Å². The number of nitrogens with one attached hydrogen (secondary N) is 1. The van der Waals surface area contributed by atoms with Gasteiger partial charge in [0.15, 0.2) is 6.04 Å². The first-order chi connectivity index (χ1) is 9.67. The molecule has 5 nitrogen and oxygen atoms in total. The number of aromatic nitrogens is 1. The Bertz CT molecular complexity index is 696. The number of anilines is 1. The predicted molar refractivity (Wildman–Crippen MR) is 84.2 cm³/mol. The van der Waals surface area contributed by atoms with Crippen LogP contribution < -0.4 is 5.32 Å². The standard InChI is InChI=1S/C13H13N3O2S2/c1-2-14-7-3-4-8-10(5-7)20-12(15-8)11-16-9(6-19-11)13(17)18/h3-5,9,14H,2,6H2,1H3,(H,17,18). The van der Waals surface area contributed by atoms with Crippen molar-refractivity contribution in [3.8, 4) is 0 Å². The highest BCUT2D eigenvalue weighted by molar-refractivity contribution is 8.15. The zero-order chi connectivity index (χ0) is 14.1. The lowest BCUT2D eigenvalue weighted by Gasteiger charge is -2.00. The van der Waals surface area contributed by atoms with Gasteiger partial charge in [0, 0.05) is 18.0 Å².